The summed E-state index contributed by atoms with van der Waals surface area (Å²) >= 11 is 0. The van der Waals surface area contributed by atoms with Crippen LogP contribution in [0.4, 0.5) is 0 Å². The number of rotatable bonds is 2. The van der Waals surface area contributed by atoms with E-state index in [1.54, 1.807) is 0 Å². The largest absolute Gasteiger partial charge is 0.393 e. The lowest BCUT2D eigenvalue weighted by Gasteiger charge is -2.45. The molecular formula is C14H28N2O. The van der Waals surface area contributed by atoms with Crippen molar-refractivity contribution in [2.24, 2.45) is 5.41 Å². The van der Waals surface area contributed by atoms with E-state index in [1.165, 1.54) is 19.5 Å². The topological polar surface area (TPSA) is 26.7 Å². The third-order valence-corrected chi connectivity index (χ3v) is 4.89. The van der Waals surface area contributed by atoms with E-state index in [4.69, 9.17) is 0 Å². The van der Waals surface area contributed by atoms with Crippen molar-refractivity contribution in [2.45, 2.75) is 57.7 Å². The number of nitrogens with zero attached hydrogens (tertiary/aromatic N) is 2. The Kier molecular flexibility index (Phi) is 3.81. The van der Waals surface area contributed by atoms with Crippen molar-refractivity contribution < 1.29 is 5.11 Å². The molecular weight excluding hydrogens is 212 g/mol. The van der Waals surface area contributed by atoms with E-state index in [0.29, 0.717) is 17.5 Å². The predicted molar refractivity (Wildman–Crippen MR) is 71.1 cm³/mol. The van der Waals surface area contributed by atoms with Crippen molar-refractivity contribution >= 4 is 0 Å². The quantitative estimate of drug-likeness (QED) is 0.793. The molecule has 1 aliphatic carbocycles. The van der Waals surface area contributed by atoms with E-state index in [0.717, 1.165) is 19.3 Å². The molecule has 0 spiro atoms. The minimum Gasteiger partial charge on any atom is -0.393 e. The zero-order chi connectivity index (χ0) is 12.6. The van der Waals surface area contributed by atoms with Gasteiger partial charge in [-0.1, -0.05) is 13.8 Å². The van der Waals surface area contributed by atoms with Gasteiger partial charge in [-0.3, -0.25) is 4.90 Å². The van der Waals surface area contributed by atoms with Gasteiger partial charge in [-0.2, -0.15) is 0 Å². The number of aliphatic hydroxyl groups is 1. The fourth-order valence-electron chi connectivity index (χ4n) is 3.52. The van der Waals surface area contributed by atoms with E-state index in [2.05, 4.69) is 37.7 Å². The van der Waals surface area contributed by atoms with Crippen molar-refractivity contribution in [3.8, 4) is 0 Å². The Bertz CT molecular complexity index is 265. The second-order valence-electron chi connectivity index (χ2n) is 6.83. The molecule has 3 nitrogen and oxygen atoms in total. The van der Waals surface area contributed by atoms with Gasteiger partial charge in [-0.25, -0.2) is 0 Å². The Labute approximate surface area is 106 Å². The van der Waals surface area contributed by atoms with E-state index in [9.17, 15) is 5.11 Å². The Hall–Kier alpha value is -0.120. The smallest absolute Gasteiger partial charge is 0.0555 e. The highest BCUT2D eigenvalue weighted by atomic mass is 16.3. The predicted octanol–water partition coefficient (Wildman–Crippen LogP) is 1.56. The van der Waals surface area contributed by atoms with Gasteiger partial charge in [0.1, 0.15) is 0 Å². The lowest BCUT2D eigenvalue weighted by atomic mass is 9.71. The standard InChI is InChI=1S/C14H28N2O/c1-14(2)7-5-12(17)9-13(14)16-8-6-11(10-16)15(3)4/h11-13,17H,5-10H2,1-4H3. The molecule has 3 atom stereocenters. The van der Waals surface area contributed by atoms with E-state index in [-0.39, 0.29) is 6.10 Å². The summed E-state index contributed by atoms with van der Waals surface area (Å²) in [6.07, 6.45) is 4.30. The van der Waals surface area contributed by atoms with Crippen LogP contribution < -0.4 is 0 Å². The van der Waals surface area contributed by atoms with Gasteiger partial charge in [-0.15, -0.1) is 0 Å². The summed E-state index contributed by atoms with van der Waals surface area (Å²) < 4.78 is 0. The minimum absolute atomic E-state index is 0.0774. The molecule has 100 valence electrons. The number of aliphatic hydroxyl groups excluding tert-OH is 1. The fourth-order valence-corrected chi connectivity index (χ4v) is 3.52. The normalized spacial score (nSPS) is 38.8. The summed E-state index contributed by atoms with van der Waals surface area (Å²) in [5.41, 5.74) is 0.362. The first-order valence-electron chi connectivity index (χ1n) is 6.98. The first-order chi connectivity index (χ1) is 7.90. The zero-order valence-corrected chi connectivity index (χ0v) is 11.8. The molecule has 1 saturated carbocycles. The molecule has 17 heavy (non-hydrogen) atoms. The third-order valence-electron chi connectivity index (χ3n) is 4.89. The van der Waals surface area contributed by atoms with Gasteiger partial charge < -0.3 is 10.0 Å². The molecule has 1 heterocycles. The molecule has 1 N–H and O–H groups in total. The third kappa shape index (κ3) is 2.83. The lowest BCUT2D eigenvalue weighted by molar-refractivity contribution is -0.00408. The monoisotopic (exact) mass is 240 g/mol. The van der Waals surface area contributed by atoms with Gasteiger partial charge in [0.25, 0.3) is 0 Å². The lowest BCUT2D eigenvalue weighted by Crippen LogP contribution is -2.50. The van der Waals surface area contributed by atoms with Crippen LogP contribution in [0.3, 0.4) is 0 Å². The first-order valence-corrected chi connectivity index (χ1v) is 6.98. The fraction of sp³-hybridized carbons (Fsp3) is 1.00. The first kappa shape index (κ1) is 13.3. The highest BCUT2D eigenvalue weighted by molar-refractivity contribution is 4.96. The average Bonchev–Trinajstić information content (AvgIpc) is 2.70. The molecule has 2 fully saturated rings. The highest BCUT2D eigenvalue weighted by Crippen LogP contribution is 2.40. The summed E-state index contributed by atoms with van der Waals surface area (Å²) in [5, 5.41) is 9.91. The second-order valence-corrected chi connectivity index (χ2v) is 6.83. The Morgan fingerprint density at radius 2 is 1.94 bits per heavy atom. The van der Waals surface area contributed by atoms with Crippen molar-refractivity contribution in [1.82, 2.24) is 9.80 Å². The maximum Gasteiger partial charge on any atom is 0.0555 e. The highest BCUT2D eigenvalue weighted by Gasteiger charge is 2.41. The van der Waals surface area contributed by atoms with E-state index < -0.39 is 0 Å². The molecule has 3 heteroatoms. The number of likely N-dealkylation sites (N-methyl/N-ethyl adjacent to an activating group) is 1. The molecule has 1 aliphatic heterocycles. The summed E-state index contributed by atoms with van der Waals surface area (Å²) in [6.45, 7) is 7.11. The van der Waals surface area contributed by atoms with Crippen LogP contribution in [0.25, 0.3) is 0 Å². The van der Waals surface area contributed by atoms with E-state index >= 15 is 0 Å². The second kappa shape index (κ2) is 4.87. The number of likely N-dealkylation sites (tertiary alicyclic amines) is 1. The van der Waals surface area contributed by atoms with Gasteiger partial charge in [0.15, 0.2) is 0 Å². The maximum absolute atomic E-state index is 9.91. The van der Waals surface area contributed by atoms with Crippen LogP contribution in [-0.2, 0) is 0 Å². The number of hydrogen-bond donors (Lipinski definition) is 1. The molecule has 0 aromatic heterocycles. The van der Waals surface area contributed by atoms with Crippen molar-refractivity contribution in [1.29, 1.82) is 0 Å². The SMILES string of the molecule is CN(C)C1CCN(C2CC(O)CCC2(C)C)C1. The zero-order valence-electron chi connectivity index (χ0n) is 11.8. The Morgan fingerprint density at radius 3 is 2.53 bits per heavy atom. The summed E-state index contributed by atoms with van der Waals surface area (Å²) in [7, 11) is 4.35. The molecule has 1 saturated heterocycles. The molecule has 0 amide bonds. The Balaban J connectivity index is 2.01. The van der Waals surface area contributed by atoms with Crippen LogP contribution in [-0.4, -0.2) is 60.3 Å². The molecule has 3 unspecified atom stereocenters. The summed E-state index contributed by atoms with van der Waals surface area (Å²) in [6, 6.07) is 1.26. The van der Waals surface area contributed by atoms with Gasteiger partial charge >= 0.3 is 0 Å². The maximum atomic E-state index is 9.91. The Morgan fingerprint density at radius 1 is 1.24 bits per heavy atom. The summed E-state index contributed by atoms with van der Waals surface area (Å²) in [4.78, 5) is 4.96. The van der Waals surface area contributed by atoms with Crippen LogP contribution >= 0.6 is 0 Å². The average molecular weight is 240 g/mol. The molecule has 0 aromatic rings. The molecule has 2 rings (SSSR count). The molecule has 0 aromatic carbocycles. The van der Waals surface area contributed by atoms with Crippen molar-refractivity contribution in [2.75, 3.05) is 27.2 Å². The summed E-state index contributed by atoms with van der Waals surface area (Å²) in [5.74, 6) is 0. The van der Waals surface area contributed by atoms with Crippen LogP contribution in [0.1, 0.15) is 39.5 Å². The van der Waals surface area contributed by atoms with Crippen LogP contribution in [0.5, 0.6) is 0 Å². The van der Waals surface area contributed by atoms with Crippen molar-refractivity contribution in [3.63, 3.8) is 0 Å². The number of hydrogen-bond acceptors (Lipinski definition) is 3. The van der Waals surface area contributed by atoms with Crippen molar-refractivity contribution in [3.05, 3.63) is 0 Å². The minimum atomic E-state index is -0.0774. The molecule has 0 bridgehead atoms. The van der Waals surface area contributed by atoms with Crippen LogP contribution in [0.15, 0.2) is 0 Å². The van der Waals surface area contributed by atoms with Gasteiger partial charge in [0.05, 0.1) is 6.10 Å². The van der Waals surface area contributed by atoms with Gasteiger partial charge in [0.2, 0.25) is 0 Å². The van der Waals surface area contributed by atoms with E-state index in [1.807, 2.05) is 0 Å². The molecule has 2 aliphatic rings. The van der Waals surface area contributed by atoms with Gasteiger partial charge in [-0.05, 0) is 45.2 Å². The molecule has 0 radical (unpaired) electrons. The van der Waals surface area contributed by atoms with Crippen LogP contribution in [0, 0.1) is 5.41 Å². The van der Waals surface area contributed by atoms with Crippen LogP contribution in [0.2, 0.25) is 0 Å². The van der Waals surface area contributed by atoms with Gasteiger partial charge in [0, 0.05) is 25.2 Å².